The highest BCUT2D eigenvalue weighted by Crippen LogP contribution is 2.38. The minimum Gasteiger partial charge on any atom is -0.463 e. The molecular weight excluding hydrogens is 128 g/mol. The van der Waals surface area contributed by atoms with E-state index in [0.717, 1.165) is 6.42 Å². The van der Waals surface area contributed by atoms with Gasteiger partial charge in [0.05, 0.1) is 12.0 Å². The Labute approximate surface area is 61.6 Å². The van der Waals surface area contributed by atoms with Gasteiger partial charge in [-0.25, -0.2) is 0 Å². The van der Waals surface area contributed by atoms with E-state index in [0.29, 0.717) is 5.92 Å². The molecule has 58 valence electrons. The number of rotatable bonds is 2. The summed E-state index contributed by atoms with van der Waals surface area (Å²) in [5.41, 5.74) is 0. The van der Waals surface area contributed by atoms with Gasteiger partial charge in [-0.3, -0.25) is 4.79 Å². The minimum atomic E-state index is -0.0116. The summed E-state index contributed by atoms with van der Waals surface area (Å²) in [5, 5.41) is 0. The lowest BCUT2D eigenvalue weighted by atomic mass is 10.3. The Morgan fingerprint density at radius 2 is 2.10 bits per heavy atom. The molecule has 0 aromatic carbocycles. The summed E-state index contributed by atoms with van der Waals surface area (Å²) in [6.07, 6.45) is 1.06. The molecule has 2 unspecified atom stereocenters. The van der Waals surface area contributed by atoms with Gasteiger partial charge in [-0.2, -0.15) is 0 Å². The van der Waals surface area contributed by atoms with E-state index >= 15 is 0 Å². The van der Waals surface area contributed by atoms with Crippen LogP contribution in [0, 0.1) is 11.8 Å². The average molecular weight is 142 g/mol. The predicted octanol–water partition coefficient (Wildman–Crippen LogP) is 1.59. The van der Waals surface area contributed by atoms with E-state index in [1.165, 1.54) is 0 Å². The molecule has 1 aliphatic rings. The first-order valence-corrected chi connectivity index (χ1v) is 3.81. The summed E-state index contributed by atoms with van der Waals surface area (Å²) in [6, 6.07) is 0. The highest BCUT2D eigenvalue weighted by Gasteiger charge is 2.40. The summed E-state index contributed by atoms with van der Waals surface area (Å²) in [7, 11) is 0. The minimum absolute atomic E-state index is 0.0116. The zero-order valence-electron chi connectivity index (χ0n) is 6.76. The summed E-state index contributed by atoms with van der Waals surface area (Å²) in [6.45, 7) is 5.84. The van der Waals surface area contributed by atoms with Crippen molar-refractivity contribution in [2.75, 3.05) is 0 Å². The lowest BCUT2D eigenvalue weighted by molar-refractivity contribution is -0.149. The van der Waals surface area contributed by atoms with Gasteiger partial charge in [0.2, 0.25) is 0 Å². The van der Waals surface area contributed by atoms with E-state index in [4.69, 9.17) is 4.74 Å². The van der Waals surface area contributed by atoms with Gasteiger partial charge in [-0.1, -0.05) is 6.92 Å². The van der Waals surface area contributed by atoms with E-state index in [-0.39, 0.29) is 18.0 Å². The van der Waals surface area contributed by atoms with Gasteiger partial charge in [-0.05, 0) is 26.2 Å². The fourth-order valence-electron chi connectivity index (χ4n) is 0.970. The molecule has 0 N–H and O–H groups in total. The number of esters is 1. The number of ether oxygens (including phenoxy) is 1. The van der Waals surface area contributed by atoms with Crippen molar-refractivity contribution in [3.63, 3.8) is 0 Å². The van der Waals surface area contributed by atoms with Gasteiger partial charge in [0, 0.05) is 0 Å². The predicted molar refractivity (Wildman–Crippen MR) is 38.5 cm³/mol. The maximum atomic E-state index is 11.0. The first-order valence-electron chi connectivity index (χ1n) is 3.81. The fourth-order valence-corrected chi connectivity index (χ4v) is 0.970. The Balaban J connectivity index is 2.23. The Hall–Kier alpha value is -0.530. The largest absolute Gasteiger partial charge is 0.463 e. The molecule has 1 aliphatic carbocycles. The van der Waals surface area contributed by atoms with Crippen molar-refractivity contribution >= 4 is 5.97 Å². The topological polar surface area (TPSA) is 26.3 Å². The fraction of sp³-hybridized carbons (Fsp3) is 0.875. The summed E-state index contributed by atoms with van der Waals surface area (Å²) >= 11 is 0. The quantitative estimate of drug-likeness (QED) is 0.547. The average Bonchev–Trinajstić information content (AvgIpc) is 2.44. The second-order valence-corrected chi connectivity index (χ2v) is 3.31. The van der Waals surface area contributed by atoms with Crippen molar-refractivity contribution in [2.45, 2.75) is 33.3 Å². The molecule has 0 aromatic heterocycles. The van der Waals surface area contributed by atoms with Gasteiger partial charge in [0.25, 0.3) is 0 Å². The third kappa shape index (κ3) is 1.72. The standard InChI is InChI=1S/C8H14O2/c1-5(2)10-8(9)7-4-6(7)3/h5-7H,4H2,1-3H3. The molecule has 0 spiro atoms. The monoisotopic (exact) mass is 142 g/mol. The molecular formula is C8H14O2. The zero-order valence-corrected chi connectivity index (χ0v) is 6.76. The summed E-state index contributed by atoms with van der Waals surface area (Å²) in [5.74, 6) is 0.760. The van der Waals surface area contributed by atoms with Crippen LogP contribution in [0.4, 0.5) is 0 Å². The molecule has 0 bridgehead atoms. The first kappa shape index (κ1) is 7.58. The Bertz CT molecular complexity index is 140. The zero-order chi connectivity index (χ0) is 7.72. The molecule has 0 heterocycles. The van der Waals surface area contributed by atoms with Crippen molar-refractivity contribution in [1.82, 2.24) is 0 Å². The Kier molecular flexibility index (Phi) is 1.97. The first-order chi connectivity index (χ1) is 4.61. The van der Waals surface area contributed by atoms with Gasteiger partial charge < -0.3 is 4.74 Å². The number of carbonyl (C=O) groups excluding carboxylic acids is 1. The van der Waals surface area contributed by atoms with Crippen molar-refractivity contribution in [3.8, 4) is 0 Å². The van der Waals surface area contributed by atoms with Gasteiger partial charge in [-0.15, -0.1) is 0 Å². The maximum Gasteiger partial charge on any atom is 0.309 e. The van der Waals surface area contributed by atoms with E-state index in [1.807, 2.05) is 13.8 Å². The molecule has 0 saturated heterocycles. The molecule has 2 heteroatoms. The third-order valence-electron chi connectivity index (χ3n) is 1.76. The SMILES string of the molecule is CC(C)OC(=O)C1CC1C. The van der Waals surface area contributed by atoms with Crippen molar-refractivity contribution < 1.29 is 9.53 Å². The summed E-state index contributed by atoms with van der Waals surface area (Å²) in [4.78, 5) is 11.0. The number of hydrogen-bond acceptors (Lipinski definition) is 2. The van der Waals surface area contributed by atoms with Crippen LogP contribution in [0.15, 0.2) is 0 Å². The Morgan fingerprint density at radius 3 is 2.40 bits per heavy atom. The van der Waals surface area contributed by atoms with Crippen LogP contribution in [0.1, 0.15) is 27.2 Å². The van der Waals surface area contributed by atoms with Crippen molar-refractivity contribution in [2.24, 2.45) is 11.8 Å². The van der Waals surface area contributed by atoms with Gasteiger partial charge >= 0.3 is 5.97 Å². The van der Waals surface area contributed by atoms with Crippen LogP contribution in [0.2, 0.25) is 0 Å². The molecule has 2 atom stereocenters. The lowest BCUT2D eigenvalue weighted by Gasteiger charge is -2.05. The highest BCUT2D eigenvalue weighted by atomic mass is 16.5. The molecule has 1 rings (SSSR count). The van der Waals surface area contributed by atoms with Crippen LogP contribution in [0.3, 0.4) is 0 Å². The van der Waals surface area contributed by atoms with Gasteiger partial charge in [0.15, 0.2) is 0 Å². The molecule has 0 amide bonds. The molecule has 1 fully saturated rings. The summed E-state index contributed by atoms with van der Waals surface area (Å²) < 4.78 is 5.01. The van der Waals surface area contributed by atoms with E-state index in [2.05, 4.69) is 6.92 Å². The van der Waals surface area contributed by atoms with Crippen LogP contribution in [-0.4, -0.2) is 12.1 Å². The second-order valence-electron chi connectivity index (χ2n) is 3.31. The smallest absolute Gasteiger partial charge is 0.309 e. The number of carbonyl (C=O) groups is 1. The third-order valence-corrected chi connectivity index (χ3v) is 1.76. The highest BCUT2D eigenvalue weighted by molar-refractivity contribution is 5.75. The van der Waals surface area contributed by atoms with Crippen molar-refractivity contribution in [1.29, 1.82) is 0 Å². The van der Waals surface area contributed by atoms with Crippen LogP contribution in [-0.2, 0) is 9.53 Å². The number of hydrogen-bond donors (Lipinski definition) is 0. The van der Waals surface area contributed by atoms with Crippen LogP contribution in [0.5, 0.6) is 0 Å². The van der Waals surface area contributed by atoms with E-state index < -0.39 is 0 Å². The lowest BCUT2D eigenvalue weighted by Crippen LogP contribution is -2.13. The second kappa shape index (κ2) is 2.60. The molecule has 10 heavy (non-hydrogen) atoms. The van der Waals surface area contributed by atoms with Crippen LogP contribution < -0.4 is 0 Å². The van der Waals surface area contributed by atoms with E-state index in [1.54, 1.807) is 0 Å². The maximum absolute atomic E-state index is 11.0. The normalized spacial score (nSPS) is 30.4. The van der Waals surface area contributed by atoms with E-state index in [9.17, 15) is 4.79 Å². The molecule has 0 radical (unpaired) electrons. The molecule has 1 saturated carbocycles. The van der Waals surface area contributed by atoms with Gasteiger partial charge in [0.1, 0.15) is 0 Å². The molecule has 2 nitrogen and oxygen atoms in total. The van der Waals surface area contributed by atoms with Crippen LogP contribution >= 0.6 is 0 Å². The van der Waals surface area contributed by atoms with Crippen molar-refractivity contribution in [3.05, 3.63) is 0 Å². The Morgan fingerprint density at radius 1 is 1.60 bits per heavy atom. The van der Waals surface area contributed by atoms with Crippen LogP contribution in [0.25, 0.3) is 0 Å². The molecule has 0 aromatic rings. The molecule has 0 aliphatic heterocycles.